The van der Waals surface area contributed by atoms with E-state index in [4.69, 9.17) is 4.74 Å². The molecule has 0 heterocycles. The Balaban J connectivity index is 1.63. The topological polar surface area (TPSA) is 38.3 Å². The van der Waals surface area contributed by atoms with E-state index in [-0.39, 0.29) is 12.5 Å². The molecule has 0 spiro atoms. The van der Waals surface area contributed by atoms with E-state index in [1.165, 1.54) is 12.8 Å². The minimum Gasteiger partial charge on any atom is -0.484 e. The number of hydrogen-bond donors (Lipinski definition) is 1. The molecule has 3 nitrogen and oxygen atoms in total. The van der Waals surface area contributed by atoms with Crippen molar-refractivity contribution in [2.24, 2.45) is 5.92 Å². The Morgan fingerprint density at radius 1 is 1.41 bits per heavy atom. The van der Waals surface area contributed by atoms with Crippen LogP contribution in [0.15, 0.2) is 30.3 Å². The van der Waals surface area contributed by atoms with Gasteiger partial charge in [-0.1, -0.05) is 34.1 Å². The van der Waals surface area contributed by atoms with E-state index in [9.17, 15) is 4.79 Å². The lowest BCUT2D eigenvalue weighted by atomic mass is 10.3. The molecule has 0 saturated heterocycles. The molecule has 1 amide bonds. The fourth-order valence-electron chi connectivity index (χ4n) is 1.55. The molecule has 1 N–H and O–H groups in total. The minimum absolute atomic E-state index is 0.0704. The molecule has 1 aliphatic rings. The summed E-state index contributed by atoms with van der Waals surface area (Å²) in [5.74, 6) is 1.39. The summed E-state index contributed by atoms with van der Waals surface area (Å²) in [6.45, 7) is 0.760. The van der Waals surface area contributed by atoms with E-state index < -0.39 is 0 Å². The Morgan fingerprint density at radius 3 is 2.76 bits per heavy atom. The lowest BCUT2D eigenvalue weighted by Crippen LogP contribution is -2.34. The number of carbonyl (C=O) groups excluding carboxylic acids is 1. The molecule has 4 heteroatoms. The zero-order valence-electron chi connectivity index (χ0n) is 9.56. The Kier molecular flexibility index (Phi) is 4.42. The van der Waals surface area contributed by atoms with Gasteiger partial charge in [0.15, 0.2) is 6.61 Å². The third-order valence-corrected chi connectivity index (χ3v) is 3.81. The highest BCUT2D eigenvalue weighted by Crippen LogP contribution is 2.36. The van der Waals surface area contributed by atoms with E-state index in [0.29, 0.717) is 11.4 Å². The maximum absolute atomic E-state index is 11.5. The smallest absolute Gasteiger partial charge is 0.257 e. The van der Waals surface area contributed by atoms with Crippen LogP contribution in [-0.2, 0) is 4.79 Å². The fraction of sp³-hybridized carbons (Fsp3) is 0.462. The van der Waals surface area contributed by atoms with Crippen molar-refractivity contribution >= 4 is 21.8 Å². The van der Waals surface area contributed by atoms with Gasteiger partial charge in [-0.05, 0) is 30.9 Å². The Morgan fingerprint density at radius 2 is 2.12 bits per heavy atom. The van der Waals surface area contributed by atoms with Gasteiger partial charge < -0.3 is 10.1 Å². The normalized spacial score (nSPS) is 16.3. The number of halogens is 1. The van der Waals surface area contributed by atoms with Gasteiger partial charge in [-0.2, -0.15) is 0 Å². The molecule has 1 atom stereocenters. The van der Waals surface area contributed by atoms with Gasteiger partial charge in [0.1, 0.15) is 5.75 Å². The van der Waals surface area contributed by atoms with Gasteiger partial charge in [-0.3, -0.25) is 4.79 Å². The number of alkyl halides is 1. The second-order valence-corrected chi connectivity index (χ2v) is 5.44. The van der Waals surface area contributed by atoms with Gasteiger partial charge in [0, 0.05) is 11.4 Å². The average molecular weight is 298 g/mol. The summed E-state index contributed by atoms with van der Waals surface area (Å²) in [5.41, 5.74) is 0. The lowest BCUT2D eigenvalue weighted by Gasteiger charge is -2.10. The monoisotopic (exact) mass is 297 g/mol. The van der Waals surface area contributed by atoms with Crippen molar-refractivity contribution in [2.75, 3.05) is 13.2 Å². The standard InChI is InChI=1S/C13H16BrNO2/c14-12(10-6-7-10)8-15-13(16)9-17-11-4-2-1-3-5-11/h1-5,10,12H,6-9H2,(H,15,16). The van der Waals surface area contributed by atoms with Crippen molar-refractivity contribution in [3.05, 3.63) is 30.3 Å². The number of benzene rings is 1. The van der Waals surface area contributed by atoms with E-state index in [0.717, 1.165) is 11.7 Å². The van der Waals surface area contributed by atoms with Crippen molar-refractivity contribution < 1.29 is 9.53 Å². The SMILES string of the molecule is O=C(COc1ccccc1)NCC(Br)C1CC1. The number of carbonyl (C=O) groups is 1. The molecule has 0 aromatic heterocycles. The van der Waals surface area contributed by atoms with Crippen molar-refractivity contribution in [1.29, 1.82) is 0 Å². The highest BCUT2D eigenvalue weighted by molar-refractivity contribution is 9.09. The Hall–Kier alpha value is -1.03. The highest BCUT2D eigenvalue weighted by Gasteiger charge is 2.29. The zero-order chi connectivity index (χ0) is 12.1. The molecule has 0 radical (unpaired) electrons. The van der Waals surface area contributed by atoms with Crippen LogP contribution in [-0.4, -0.2) is 23.9 Å². The molecule has 1 aromatic carbocycles. The van der Waals surface area contributed by atoms with Crippen molar-refractivity contribution in [3.8, 4) is 5.75 Å². The minimum atomic E-state index is -0.0704. The van der Waals surface area contributed by atoms with Crippen LogP contribution in [0.2, 0.25) is 0 Å². The molecule has 1 saturated carbocycles. The predicted octanol–water partition coefficient (Wildman–Crippen LogP) is 2.36. The first-order valence-electron chi connectivity index (χ1n) is 5.84. The van der Waals surface area contributed by atoms with Crippen LogP contribution in [0.5, 0.6) is 5.75 Å². The molecule has 0 aliphatic heterocycles. The van der Waals surface area contributed by atoms with E-state index >= 15 is 0 Å². The number of nitrogens with one attached hydrogen (secondary N) is 1. The quantitative estimate of drug-likeness (QED) is 0.819. The summed E-state index contributed by atoms with van der Waals surface area (Å²) in [6.07, 6.45) is 2.54. The van der Waals surface area contributed by atoms with Gasteiger partial charge in [0.25, 0.3) is 5.91 Å². The van der Waals surface area contributed by atoms with E-state index in [1.807, 2.05) is 30.3 Å². The molecule has 1 unspecified atom stereocenters. The van der Waals surface area contributed by atoms with Crippen molar-refractivity contribution in [1.82, 2.24) is 5.32 Å². The molecule has 1 aliphatic carbocycles. The third kappa shape index (κ3) is 4.38. The fourth-order valence-corrected chi connectivity index (χ4v) is 2.24. The van der Waals surface area contributed by atoms with Crippen LogP contribution < -0.4 is 10.1 Å². The summed E-state index contributed by atoms with van der Waals surface area (Å²) in [6, 6.07) is 9.36. The van der Waals surface area contributed by atoms with Gasteiger partial charge >= 0.3 is 0 Å². The van der Waals surface area contributed by atoms with Crippen LogP contribution in [0.4, 0.5) is 0 Å². The summed E-state index contributed by atoms with van der Waals surface area (Å²) in [5, 5.41) is 2.86. The highest BCUT2D eigenvalue weighted by atomic mass is 79.9. The van der Waals surface area contributed by atoms with Gasteiger partial charge in [0.05, 0.1) is 0 Å². The van der Waals surface area contributed by atoms with Crippen molar-refractivity contribution in [2.45, 2.75) is 17.7 Å². The largest absolute Gasteiger partial charge is 0.484 e. The summed E-state index contributed by atoms with van der Waals surface area (Å²) in [7, 11) is 0. The second kappa shape index (κ2) is 6.05. The molecule has 92 valence electrons. The van der Waals surface area contributed by atoms with E-state index in [1.54, 1.807) is 0 Å². The zero-order valence-corrected chi connectivity index (χ0v) is 11.2. The number of para-hydroxylation sites is 1. The predicted molar refractivity (Wildman–Crippen MR) is 70.4 cm³/mol. The molecular weight excluding hydrogens is 282 g/mol. The first-order valence-corrected chi connectivity index (χ1v) is 6.76. The molecule has 1 fully saturated rings. The van der Waals surface area contributed by atoms with Crippen LogP contribution in [0.25, 0.3) is 0 Å². The molecule has 1 aromatic rings. The lowest BCUT2D eigenvalue weighted by molar-refractivity contribution is -0.123. The Labute approximate surface area is 110 Å². The maximum atomic E-state index is 11.5. The molecule has 2 rings (SSSR count). The Bertz CT molecular complexity index is 365. The molecular formula is C13H16BrNO2. The average Bonchev–Trinajstić information content (AvgIpc) is 3.19. The number of hydrogen-bond acceptors (Lipinski definition) is 2. The summed E-state index contributed by atoms with van der Waals surface area (Å²) >= 11 is 3.57. The molecule has 0 bridgehead atoms. The van der Waals surface area contributed by atoms with Gasteiger partial charge in [-0.15, -0.1) is 0 Å². The van der Waals surface area contributed by atoms with E-state index in [2.05, 4.69) is 21.2 Å². The second-order valence-electron chi connectivity index (χ2n) is 4.26. The summed E-state index contributed by atoms with van der Waals surface area (Å²) in [4.78, 5) is 11.9. The van der Waals surface area contributed by atoms with Crippen LogP contribution in [0.1, 0.15) is 12.8 Å². The third-order valence-electron chi connectivity index (χ3n) is 2.74. The number of amides is 1. The summed E-state index contributed by atoms with van der Waals surface area (Å²) < 4.78 is 5.35. The van der Waals surface area contributed by atoms with Gasteiger partial charge in [0.2, 0.25) is 0 Å². The van der Waals surface area contributed by atoms with Crippen molar-refractivity contribution in [3.63, 3.8) is 0 Å². The number of ether oxygens (including phenoxy) is 1. The number of rotatable bonds is 6. The maximum Gasteiger partial charge on any atom is 0.257 e. The van der Waals surface area contributed by atoms with Crippen LogP contribution >= 0.6 is 15.9 Å². The first kappa shape index (κ1) is 12.4. The first-order chi connectivity index (χ1) is 8.25. The van der Waals surface area contributed by atoms with Gasteiger partial charge in [-0.25, -0.2) is 0 Å². The van der Waals surface area contributed by atoms with Crippen LogP contribution in [0.3, 0.4) is 0 Å². The van der Waals surface area contributed by atoms with Crippen LogP contribution in [0, 0.1) is 5.92 Å². The molecule has 17 heavy (non-hydrogen) atoms.